The first-order valence-corrected chi connectivity index (χ1v) is 8.83. The number of hydrogen-bond acceptors (Lipinski definition) is 1. The molecule has 0 radical (unpaired) electrons. The van der Waals surface area contributed by atoms with Gasteiger partial charge in [0.05, 0.1) is 12.2 Å². The van der Waals surface area contributed by atoms with Crippen molar-refractivity contribution in [1.82, 2.24) is 0 Å². The molecule has 1 aromatic carbocycles. The van der Waals surface area contributed by atoms with Gasteiger partial charge in [0.25, 0.3) is 0 Å². The van der Waals surface area contributed by atoms with Crippen molar-refractivity contribution in [3.8, 4) is 17.6 Å². The molecule has 1 aromatic rings. The lowest BCUT2D eigenvalue weighted by molar-refractivity contribution is 0.304. The molecule has 0 N–H and O–H groups in total. The third-order valence-corrected chi connectivity index (χ3v) is 4.54. The average molecular weight is 314 g/mol. The average Bonchev–Trinajstić information content (AvgIpc) is 2.58. The molecule has 1 aliphatic rings. The van der Waals surface area contributed by atoms with Gasteiger partial charge in [-0.1, -0.05) is 38.2 Å². The van der Waals surface area contributed by atoms with Crippen molar-refractivity contribution in [3.05, 3.63) is 41.7 Å². The zero-order valence-corrected chi connectivity index (χ0v) is 14.3. The van der Waals surface area contributed by atoms with Gasteiger partial charge >= 0.3 is 0 Å². The highest BCUT2D eigenvalue weighted by molar-refractivity contribution is 5.41. The third-order valence-electron chi connectivity index (χ3n) is 4.54. The molecule has 0 heterocycles. The maximum atomic E-state index is 13.9. The first-order valence-electron chi connectivity index (χ1n) is 8.83. The van der Waals surface area contributed by atoms with Gasteiger partial charge in [-0.3, -0.25) is 0 Å². The van der Waals surface area contributed by atoms with Crippen LogP contribution in [-0.2, 0) is 0 Å². The fourth-order valence-corrected chi connectivity index (χ4v) is 3.00. The zero-order valence-electron chi connectivity index (χ0n) is 14.3. The summed E-state index contributed by atoms with van der Waals surface area (Å²) in [5.41, 5.74) is 0.424. The topological polar surface area (TPSA) is 9.23 Å². The lowest BCUT2D eigenvalue weighted by atomic mass is 9.81. The number of ether oxygens (including phenoxy) is 1. The summed E-state index contributed by atoms with van der Waals surface area (Å²) in [6, 6.07) is 4.88. The summed E-state index contributed by atoms with van der Waals surface area (Å²) in [5, 5.41) is 0. The van der Waals surface area contributed by atoms with E-state index < -0.39 is 0 Å². The zero-order chi connectivity index (χ0) is 16.5. The van der Waals surface area contributed by atoms with Gasteiger partial charge in [0, 0.05) is 6.07 Å². The molecule has 1 fully saturated rings. The molecule has 0 aliphatic heterocycles. The van der Waals surface area contributed by atoms with E-state index in [-0.39, 0.29) is 5.82 Å². The van der Waals surface area contributed by atoms with Crippen LogP contribution in [0.3, 0.4) is 0 Å². The molecule has 0 bridgehead atoms. The Morgan fingerprint density at radius 2 is 2.00 bits per heavy atom. The van der Waals surface area contributed by atoms with Crippen molar-refractivity contribution in [3.63, 3.8) is 0 Å². The van der Waals surface area contributed by atoms with Crippen LogP contribution in [0.1, 0.15) is 57.9 Å². The fourth-order valence-electron chi connectivity index (χ4n) is 3.00. The number of benzene rings is 1. The molecule has 0 aromatic heterocycles. The Bertz CT molecular complexity index is 571. The first kappa shape index (κ1) is 17.6. The number of halogens is 1. The maximum absolute atomic E-state index is 13.9. The molecule has 0 unspecified atom stereocenters. The smallest absolute Gasteiger partial charge is 0.142 e. The molecular weight excluding hydrogens is 287 g/mol. The van der Waals surface area contributed by atoms with E-state index in [0.717, 1.165) is 12.3 Å². The van der Waals surface area contributed by atoms with E-state index in [9.17, 15) is 4.39 Å². The lowest BCUT2D eigenvalue weighted by Gasteiger charge is -2.25. The predicted octanol–water partition coefficient (Wildman–Crippen LogP) is 5.74. The minimum Gasteiger partial charge on any atom is -0.494 e. The van der Waals surface area contributed by atoms with Gasteiger partial charge in [0.2, 0.25) is 0 Å². The van der Waals surface area contributed by atoms with Crippen LogP contribution < -0.4 is 4.74 Å². The van der Waals surface area contributed by atoms with Crippen molar-refractivity contribution < 1.29 is 9.13 Å². The number of hydrogen-bond donors (Lipinski definition) is 0. The van der Waals surface area contributed by atoms with Gasteiger partial charge in [-0.15, -0.1) is 0 Å². The quantitative estimate of drug-likeness (QED) is 0.630. The van der Waals surface area contributed by atoms with Crippen molar-refractivity contribution in [2.24, 2.45) is 11.8 Å². The van der Waals surface area contributed by atoms with Gasteiger partial charge in [-0.25, -0.2) is 4.39 Å². The van der Waals surface area contributed by atoms with Crippen LogP contribution in [0.25, 0.3) is 0 Å². The SMILES string of the molecule is CCCOc1ccc(C#CC=C[C@H]2CC[C@H](CC)CC2)c(F)c1. The maximum Gasteiger partial charge on any atom is 0.142 e. The molecule has 0 amide bonds. The standard InChI is InChI=1S/C21H27FO/c1-3-15-23-20-14-13-19(21(22)16-20)8-6-5-7-18-11-9-17(4-2)10-12-18/h5,7,13-14,16-18H,3-4,9-12,15H2,1-2H3/t17-,18-. The first-order chi connectivity index (χ1) is 11.2. The van der Waals surface area contributed by atoms with E-state index in [1.807, 2.05) is 13.0 Å². The van der Waals surface area contributed by atoms with E-state index >= 15 is 0 Å². The van der Waals surface area contributed by atoms with Crippen molar-refractivity contribution in [1.29, 1.82) is 0 Å². The molecule has 1 aliphatic carbocycles. The van der Waals surface area contributed by atoms with E-state index in [2.05, 4.69) is 24.8 Å². The van der Waals surface area contributed by atoms with Gasteiger partial charge in [0.1, 0.15) is 11.6 Å². The second-order valence-electron chi connectivity index (χ2n) is 6.31. The third kappa shape index (κ3) is 5.75. The highest BCUT2D eigenvalue weighted by Gasteiger charge is 2.17. The summed E-state index contributed by atoms with van der Waals surface area (Å²) >= 11 is 0. The van der Waals surface area contributed by atoms with Crippen LogP contribution in [0.4, 0.5) is 4.39 Å². The van der Waals surface area contributed by atoms with Gasteiger partial charge in [-0.05, 0) is 62.1 Å². The summed E-state index contributed by atoms with van der Waals surface area (Å²) in [6.07, 6.45) is 11.5. The molecule has 2 rings (SSSR count). The Morgan fingerprint density at radius 3 is 2.65 bits per heavy atom. The number of allylic oxidation sites excluding steroid dienone is 2. The monoisotopic (exact) mass is 314 g/mol. The lowest BCUT2D eigenvalue weighted by Crippen LogP contribution is -2.11. The molecule has 0 saturated heterocycles. The van der Waals surface area contributed by atoms with Gasteiger partial charge < -0.3 is 4.74 Å². The Morgan fingerprint density at radius 1 is 1.22 bits per heavy atom. The van der Waals surface area contributed by atoms with Crippen molar-refractivity contribution in [2.75, 3.05) is 6.61 Å². The van der Waals surface area contributed by atoms with E-state index in [0.29, 0.717) is 23.8 Å². The molecule has 1 saturated carbocycles. The van der Waals surface area contributed by atoms with Crippen molar-refractivity contribution >= 4 is 0 Å². The highest BCUT2D eigenvalue weighted by Crippen LogP contribution is 2.31. The van der Waals surface area contributed by atoms with Crippen LogP contribution in [-0.4, -0.2) is 6.61 Å². The molecular formula is C21H27FO. The molecule has 2 heteroatoms. The summed E-state index contributed by atoms with van der Waals surface area (Å²) in [6.45, 7) is 4.91. The Labute approximate surface area is 139 Å². The van der Waals surface area contributed by atoms with Crippen LogP contribution in [0.2, 0.25) is 0 Å². The van der Waals surface area contributed by atoms with Crippen molar-refractivity contribution in [2.45, 2.75) is 52.4 Å². The minimum absolute atomic E-state index is 0.317. The molecule has 0 atom stereocenters. The van der Waals surface area contributed by atoms with Gasteiger partial charge in [-0.2, -0.15) is 0 Å². The molecule has 1 nitrogen and oxygen atoms in total. The van der Waals surface area contributed by atoms with Crippen LogP contribution >= 0.6 is 0 Å². The van der Waals surface area contributed by atoms with Crippen LogP contribution in [0.5, 0.6) is 5.75 Å². The van der Waals surface area contributed by atoms with E-state index in [4.69, 9.17) is 4.74 Å². The largest absolute Gasteiger partial charge is 0.494 e. The number of rotatable bonds is 5. The minimum atomic E-state index is -0.317. The molecule has 23 heavy (non-hydrogen) atoms. The fraction of sp³-hybridized carbons (Fsp3) is 0.524. The van der Waals surface area contributed by atoms with Gasteiger partial charge in [0.15, 0.2) is 0 Å². The predicted molar refractivity (Wildman–Crippen MR) is 93.9 cm³/mol. The van der Waals surface area contributed by atoms with Crippen LogP contribution in [0.15, 0.2) is 30.4 Å². The normalized spacial score (nSPS) is 21.0. The second-order valence-corrected chi connectivity index (χ2v) is 6.31. The van der Waals surface area contributed by atoms with E-state index in [1.165, 1.54) is 38.2 Å². The summed E-state index contributed by atoms with van der Waals surface area (Å²) in [4.78, 5) is 0. The summed E-state index contributed by atoms with van der Waals surface area (Å²) in [7, 11) is 0. The molecule has 124 valence electrons. The Hall–Kier alpha value is -1.75. The van der Waals surface area contributed by atoms with E-state index in [1.54, 1.807) is 12.1 Å². The van der Waals surface area contributed by atoms with Crippen LogP contribution in [0, 0.1) is 29.5 Å². The summed E-state index contributed by atoms with van der Waals surface area (Å²) in [5.74, 6) is 7.66. The Balaban J connectivity index is 1.88. The highest BCUT2D eigenvalue weighted by atomic mass is 19.1. The second kappa shape index (κ2) is 9.40. The summed E-state index contributed by atoms with van der Waals surface area (Å²) < 4.78 is 19.3. The molecule has 0 spiro atoms. The Kier molecular flexibility index (Phi) is 7.20.